The second kappa shape index (κ2) is 9.27. The average molecular weight is 506 g/mol. The normalized spacial score (nSPS) is 15.9. The van der Waals surface area contributed by atoms with Crippen LogP contribution >= 0.6 is 15.9 Å². The highest BCUT2D eigenvalue weighted by atomic mass is 79.9. The number of halogens is 1. The van der Waals surface area contributed by atoms with E-state index in [2.05, 4.69) is 26.6 Å². The molecule has 6 nitrogen and oxygen atoms in total. The van der Waals surface area contributed by atoms with Crippen LogP contribution in [0.2, 0.25) is 0 Å². The molecule has 0 bridgehead atoms. The van der Waals surface area contributed by atoms with Crippen molar-refractivity contribution in [3.63, 3.8) is 0 Å². The third kappa shape index (κ3) is 4.46. The van der Waals surface area contributed by atoms with Gasteiger partial charge in [0.05, 0.1) is 24.7 Å². The fourth-order valence-electron chi connectivity index (χ4n) is 4.32. The Morgan fingerprint density at radius 2 is 1.73 bits per heavy atom. The molecule has 2 heterocycles. The molecule has 1 atom stereocenters. The zero-order valence-electron chi connectivity index (χ0n) is 18.3. The number of ether oxygens (including phenoxy) is 2. The Kier molecular flexibility index (Phi) is 6.05. The van der Waals surface area contributed by atoms with E-state index >= 15 is 0 Å². The zero-order chi connectivity index (χ0) is 22.8. The summed E-state index contributed by atoms with van der Waals surface area (Å²) in [6.45, 7) is 1.75. The number of hydrogen-bond donors (Lipinski definition) is 0. The van der Waals surface area contributed by atoms with Gasteiger partial charge in [-0.15, -0.1) is 0 Å². The lowest BCUT2D eigenvalue weighted by atomic mass is 10.1. The molecule has 7 heteroatoms. The molecule has 0 spiro atoms. The van der Waals surface area contributed by atoms with Gasteiger partial charge in [0.15, 0.2) is 0 Å². The predicted molar refractivity (Wildman–Crippen MR) is 132 cm³/mol. The standard InChI is InChI=1S/C26H24BrN3O3/c1-32-21-10-12-22(13-11-21)33-15-14-29-24-5-3-2-4-23(24)28-26(29)18-16-25(31)30(17-18)20-8-6-19(27)7-9-20/h2-13,18H,14-17H2,1H3. The Balaban J connectivity index is 1.37. The molecule has 0 radical (unpaired) electrons. The summed E-state index contributed by atoms with van der Waals surface area (Å²) in [4.78, 5) is 19.6. The number of fused-ring (bicyclic) bond motifs is 1. The number of carbonyl (C=O) groups is 1. The number of anilines is 1. The number of rotatable bonds is 7. The Hall–Kier alpha value is -3.32. The number of nitrogens with zero attached hydrogens (tertiary/aromatic N) is 3. The summed E-state index contributed by atoms with van der Waals surface area (Å²) in [6.07, 6.45) is 0.443. The first kappa shape index (κ1) is 21.5. The van der Waals surface area contributed by atoms with Gasteiger partial charge in [0, 0.05) is 29.0 Å². The molecule has 0 aliphatic carbocycles. The van der Waals surface area contributed by atoms with Gasteiger partial charge in [-0.3, -0.25) is 4.79 Å². The first-order valence-electron chi connectivity index (χ1n) is 10.9. The van der Waals surface area contributed by atoms with E-state index in [0.29, 0.717) is 26.1 Å². The van der Waals surface area contributed by atoms with Crippen LogP contribution in [0.25, 0.3) is 11.0 Å². The van der Waals surface area contributed by atoms with Gasteiger partial charge in [-0.05, 0) is 60.7 Å². The van der Waals surface area contributed by atoms with Gasteiger partial charge in [-0.25, -0.2) is 4.98 Å². The monoisotopic (exact) mass is 505 g/mol. The van der Waals surface area contributed by atoms with Crippen molar-refractivity contribution in [2.45, 2.75) is 18.9 Å². The molecule has 1 aliphatic rings. The van der Waals surface area contributed by atoms with Crippen molar-refractivity contribution in [3.05, 3.63) is 83.1 Å². The third-order valence-electron chi connectivity index (χ3n) is 5.96. The molecule has 1 aromatic heterocycles. The highest BCUT2D eigenvalue weighted by Crippen LogP contribution is 2.33. The van der Waals surface area contributed by atoms with E-state index in [1.54, 1.807) is 7.11 Å². The second-order valence-electron chi connectivity index (χ2n) is 8.02. The van der Waals surface area contributed by atoms with Crippen LogP contribution in [0.1, 0.15) is 18.2 Å². The number of aromatic nitrogens is 2. The zero-order valence-corrected chi connectivity index (χ0v) is 19.9. The molecule has 1 aliphatic heterocycles. The Labute approximate surface area is 200 Å². The van der Waals surface area contributed by atoms with Gasteiger partial charge in [0.2, 0.25) is 5.91 Å². The van der Waals surface area contributed by atoms with Crippen LogP contribution < -0.4 is 14.4 Å². The lowest BCUT2D eigenvalue weighted by Crippen LogP contribution is -2.24. The van der Waals surface area contributed by atoms with Crippen molar-refractivity contribution < 1.29 is 14.3 Å². The summed E-state index contributed by atoms with van der Waals surface area (Å²) < 4.78 is 14.4. The molecule has 33 heavy (non-hydrogen) atoms. The molecule has 3 aromatic carbocycles. The smallest absolute Gasteiger partial charge is 0.227 e. The number of imidazole rings is 1. The first-order chi connectivity index (χ1) is 16.1. The van der Waals surface area contributed by atoms with Crippen LogP contribution in [0.15, 0.2) is 77.3 Å². The van der Waals surface area contributed by atoms with Gasteiger partial charge in [-0.2, -0.15) is 0 Å². The maximum atomic E-state index is 12.9. The van der Waals surface area contributed by atoms with Gasteiger partial charge in [0.25, 0.3) is 0 Å². The maximum Gasteiger partial charge on any atom is 0.227 e. The molecule has 168 valence electrons. The second-order valence-corrected chi connectivity index (χ2v) is 8.93. The van der Waals surface area contributed by atoms with Crippen LogP contribution in [0, 0.1) is 0 Å². The Morgan fingerprint density at radius 1 is 1.00 bits per heavy atom. The van der Waals surface area contributed by atoms with Crippen molar-refractivity contribution >= 4 is 38.6 Å². The highest BCUT2D eigenvalue weighted by Gasteiger charge is 2.34. The Morgan fingerprint density at radius 3 is 2.48 bits per heavy atom. The minimum Gasteiger partial charge on any atom is -0.497 e. The predicted octanol–water partition coefficient (Wildman–Crippen LogP) is 5.41. The van der Waals surface area contributed by atoms with Crippen molar-refractivity contribution in [1.29, 1.82) is 0 Å². The number of carbonyl (C=O) groups excluding carboxylic acids is 1. The molecule has 0 saturated carbocycles. The van der Waals surface area contributed by atoms with E-state index < -0.39 is 0 Å². The number of para-hydroxylation sites is 2. The van der Waals surface area contributed by atoms with E-state index in [-0.39, 0.29) is 11.8 Å². The maximum absolute atomic E-state index is 12.9. The lowest BCUT2D eigenvalue weighted by molar-refractivity contribution is -0.117. The van der Waals surface area contributed by atoms with Crippen LogP contribution in [0.3, 0.4) is 0 Å². The first-order valence-corrected chi connectivity index (χ1v) is 11.7. The third-order valence-corrected chi connectivity index (χ3v) is 6.48. The minimum atomic E-state index is 0.0227. The van der Waals surface area contributed by atoms with Crippen molar-refractivity contribution in [2.24, 2.45) is 0 Å². The lowest BCUT2D eigenvalue weighted by Gasteiger charge is -2.17. The van der Waals surface area contributed by atoms with Crippen LogP contribution in [0.4, 0.5) is 5.69 Å². The van der Waals surface area contributed by atoms with E-state index in [0.717, 1.165) is 38.5 Å². The Bertz CT molecular complexity index is 1270. The highest BCUT2D eigenvalue weighted by molar-refractivity contribution is 9.10. The molecular weight excluding hydrogens is 482 g/mol. The molecule has 1 saturated heterocycles. The topological polar surface area (TPSA) is 56.6 Å². The van der Waals surface area contributed by atoms with E-state index in [1.165, 1.54) is 0 Å². The van der Waals surface area contributed by atoms with Crippen molar-refractivity contribution in [2.75, 3.05) is 25.2 Å². The average Bonchev–Trinajstić information content (AvgIpc) is 3.41. The molecule has 0 N–H and O–H groups in total. The largest absolute Gasteiger partial charge is 0.497 e. The fourth-order valence-corrected chi connectivity index (χ4v) is 4.58. The molecule has 1 unspecified atom stereocenters. The van der Waals surface area contributed by atoms with Gasteiger partial charge in [0.1, 0.15) is 23.9 Å². The van der Waals surface area contributed by atoms with Crippen LogP contribution in [-0.4, -0.2) is 35.7 Å². The number of hydrogen-bond acceptors (Lipinski definition) is 4. The number of methoxy groups -OCH3 is 1. The summed E-state index contributed by atoms with van der Waals surface area (Å²) >= 11 is 3.46. The SMILES string of the molecule is COc1ccc(OCCn2c(C3CC(=O)N(c4ccc(Br)cc4)C3)nc3ccccc32)cc1. The summed E-state index contributed by atoms with van der Waals surface area (Å²) in [5.41, 5.74) is 2.91. The summed E-state index contributed by atoms with van der Waals surface area (Å²) in [6, 6.07) is 23.5. The number of benzene rings is 3. The van der Waals surface area contributed by atoms with Gasteiger partial charge < -0.3 is 18.9 Å². The van der Waals surface area contributed by atoms with Crippen LogP contribution in [-0.2, 0) is 11.3 Å². The molecule has 4 aromatic rings. The summed E-state index contributed by atoms with van der Waals surface area (Å²) in [5.74, 6) is 2.66. The van der Waals surface area contributed by atoms with E-state index in [1.807, 2.05) is 71.6 Å². The summed E-state index contributed by atoms with van der Waals surface area (Å²) in [7, 11) is 1.65. The minimum absolute atomic E-state index is 0.0227. The number of amides is 1. The van der Waals surface area contributed by atoms with E-state index in [4.69, 9.17) is 14.5 Å². The fraction of sp³-hybridized carbons (Fsp3) is 0.231. The van der Waals surface area contributed by atoms with Crippen LogP contribution in [0.5, 0.6) is 11.5 Å². The van der Waals surface area contributed by atoms with Gasteiger partial charge >= 0.3 is 0 Å². The molecular formula is C26H24BrN3O3. The van der Waals surface area contributed by atoms with Crippen molar-refractivity contribution in [3.8, 4) is 11.5 Å². The summed E-state index contributed by atoms with van der Waals surface area (Å²) in [5, 5.41) is 0. The molecule has 1 amide bonds. The molecule has 5 rings (SSSR count). The quantitative estimate of drug-likeness (QED) is 0.337. The van der Waals surface area contributed by atoms with Crippen molar-refractivity contribution in [1.82, 2.24) is 9.55 Å². The van der Waals surface area contributed by atoms with Gasteiger partial charge in [-0.1, -0.05) is 28.1 Å². The van der Waals surface area contributed by atoms with E-state index in [9.17, 15) is 4.79 Å². The molecule has 1 fully saturated rings.